The summed E-state index contributed by atoms with van der Waals surface area (Å²) in [7, 11) is 3.90. The normalized spacial score (nSPS) is 37.6. The molecule has 0 radical (unpaired) electrons. The van der Waals surface area contributed by atoms with Crippen molar-refractivity contribution in [3.8, 4) is 0 Å². The molecule has 0 heterocycles. The van der Waals surface area contributed by atoms with Gasteiger partial charge in [0, 0.05) is 26.6 Å². The van der Waals surface area contributed by atoms with Crippen molar-refractivity contribution in [2.75, 3.05) is 27.2 Å². The molecule has 4 heteroatoms. The van der Waals surface area contributed by atoms with Crippen LogP contribution in [0.2, 0.25) is 0 Å². The third-order valence-electron chi connectivity index (χ3n) is 5.81. The Bertz CT molecular complexity index is 323. The fraction of sp³-hybridized carbons (Fsp3) is 0.938. The zero-order valence-electron chi connectivity index (χ0n) is 12.9. The maximum absolute atomic E-state index is 12.4. The molecule has 0 saturated heterocycles. The zero-order chi connectivity index (χ0) is 13.5. The Hall–Kier alpha value is -0.280. The van der Waals surface area contributed by atoms with Gasteiger partial charge in [-0.05, 0) is 68.7 Å². The first-order valence-electron chi connectivity index (χ1n) is 7.99. The highest BCUT2D eigenvalue weighted by molar-refractivity contribution is 5.85. The van der Waals surface area contributed by atoms with Gasteiger partial charge in [0.05, 0.1) is 0 Å². The quantitative estimate of drug-likeness (QED) is 0.847. The van der Waals surface area contributed by atoms with Gasteiger partial charge in [-0.25, -0.2) is 0 Å². The van der Waals surface area contributed by atoms with Crippen LogP contribution in [-0.4, -0.2) is 38.0 Å². The molecule has 4 rings (SSSR count). The Morgan fingerprint density at radius 2 is 1.65 bits per heavy atom. The fourth-order valence-corrected chi connectivity index (χ4v) is 5.37. The summed E-state index contributed by atoms with van der Waals surface area (Å²) in [5, 5.41) is 3.12. The molecule has 116 valence electrons. The maximum atomic E-state index is 12.4. The van der Waals surface area contributed by atoms with E-state index < -0.39 is 0 Å². The van der Waals surface area contributed by atoms with Crippen LogP contribution in [0, 0.1) is 23.2 Å². The third kappa shape index (κ3) is 3.14. The minimum absolute atomic E-state index is 0. The van der Waals surface area contributed by atoms with Crippen molar-refractivity contribution >= 4 is 18.3 Å². The minimum atomic E-state index is 0. The average Bonchev–Trinajstić information content (AvgIpc) is 2.33. The maximum Gasteiger partial charge on any atom is 0.222 e. The van der Waals surface area contributed by atoms with Crippen LogP contribution in [0.1, 0.15) is 44.9 Å². The van der Waals surface area contributed by atoms with Crippen molar-refractivity contribution in [3.63, 3.8) is 0 Å². The van der Waals surface area contributed by atoms with Crippen LogP contribution >= 0.6 is 12.4 Å². The number of hydrogen-bond acceptors (Lipinski definition) is 2. The predicted molar refractivity (Wildman–Crippen MR) is 84.0 cm³/mol. The summed E-state index contributed by atoms with van der Waals surface area (Å²) in [6, 6.07) is 0. The summed E-state index contributed by atoms with van der Waals surface area (Å²) in [6.45, 7) is 1.73. The van der Waals surface area contributed by atoms with Gasteiger partial charge in [0.15, 0.2) is 0 Å². The molecule has 0 aromatic heterocycles. The number of halogens is 1. The van der Waals surface area contributed by atoms with Crippen LogP contribution in [0.15, 0.2) is 0 Å². The lowest BCUT2D eigenvalue weighted by Gasteiger charge is -2.56. The summed E-state index contributed by atoms with van der Waals surface area (Å²) in [5.74, 6) is 3.21. The summed E-state index contributed by atoms with van der Waals surface area (Å²) in [5.41, 5.74) is 0.389. The SMILES string of the molecule is CNCCN(C)C(=O)CC12CC3CC(CC(C3)C1)C2.Cl. The van der Waals surface area contributed by atoms with E-state index in [0.717, 1.165) is 37.3 Å². The second kappa shape index (κ2) is 6.23. The second-order valence-corrected chi connectivity index (χ2v) is 7.51. The van der Waals surface area contributed by atoms with Gasteiger partial charge >= 0.3 is 0 Å². The van der Waals surface area contributed by atoms with Crippen LogP contribution in [-0.2, 0) is 4.79 Å². The molecule has 1 N–H and O–H groups in total. The van der Waals surface area contributed by atoms with E-state index in [1.54, 1.807) is 0 Å². The third-order valence-corrected chi connectivity index (χ3v) is 5.81. The summed E-state index contributed by atoms with van der Waals surface area (Å²) < 4.78 is 0. The van der Waals surface area contributed by atoms with E-state index >= 15 is 0 Å². The number of carbonyl (C=O) groups excluding carboxylic acids is 1. The van der Waals surface area contributed by atoms with Gasteiger partial charge in [0.2, 0.25) is 5.91 Å². The van der Waals surface area contributed by atoms with Gasteiger partial charge in [-0.1, -0.05) is 0 Å². The topological polar surface area (TPSA) is 32.3 Å². The molecule has 4 aliphatic carbocycles. The molecule has 0 aliphatic heterocycles. The van der Waals surface area contributed by atoms with Gasteiger partial charge in [0.1, 0.15) is 0 Å². The van der Waals surface area contributed by atoms with Crippen LogP contribution in [0.4, 0.5) is 0 Å². The first kappa shape index (κ1) is 16.1. The van der Waals surface area contributed by atoms with Crippen molar-refractivity contribution in [1.82, 2.24) is 10.2 Å². The molecule has 0 spiro atoms. The molecule has 3 nitrogen and oxygen atoms in total. The lowest BCUT2D eigenvalue weighted by atomic mass is 9.49. The molecule has 20 heavy (non-hydrogen) atoms. The van der Waals surface area contributed by atoms with E-state index in [9.17, 15) is 4.79 Å². The molecule has 1 amide bonds. The van der Waals surface area contributed by atoms with E-state index in [2.05, 4.69) is 5.32 Å². The number of hydrogen-bond donors (Lipinski definition) is 1. The molecule has 4 aliphatic rings. The Labute approximate surface area is 129 Å². The van der Waals surface area contributed by atoms with E-state index in [0.29, 0.717) is 11.3 Å². The minimum Gasteiger partial charge on any atom is -0.344 e. The monoisotopic (exact) mass is 300 g/mol. The van der Waals surface area contributed by atoms with Gasteiger partial charge in [-0.15, -0.1) is 12.4 Å². The smallest absolute Gasteiger partial charge is 0.222 e. The van der Waals surface area contributed by atoms with E-state index in [4.69, 9.17) is 0 Å². The molecule has 0 atom stereocenters. The summed E-state index contributed by atoms with van der Waals surface area (Å²) in [4.78, 5) is 14.4. The first-order valence-corrected chi connectivity index (χ1v) is 7.99. The van der Waals surface area contributed by atoms with Crippen molar-refractivity contribution < 1.29 is 4.79 Å². The molecule has 4 saturated carbocycles. The lowest BCUT2D eigenvalue weighted by molar-refractivity contribution is -0.138. The fourth-order valence-electron chi connectivity index (χ4n) is 5.37. The van der Waals surface area contributed by atoms with Crippen LogP contribution in [0.5, 0.6) is 0 Å². The average molecular weight is 301 g/mol. The first-order chi connectivity index (χ1) is 9.10. The van der Waals surface area contributed by atoms with Crippen LogP contribution in [0.3, 0.4) is 0 Å². The predicted octanol–water partition coefficient (Wildman–Crippen LogP) is 2.69. The molecular formula is C16H29ClN2O. The number of nitrogens with zero attached hydrogens (tertiary/aromatic N) is 1. The Morgan fingerprint density at radius 3 is 2.10 bits per heavy atom. The highest BCUT2D eigenvalue weighted by Crippen LogP contribution is 2.61. The largest absolute Gasteiger partial charge is 0.344 e. The van der Waals surface area contributed by atoms with E-state index in [-0.39, 0.29) is 12.4 Å². The number of carbonyl (C=O) groups is 1. The summed E-state index contributed by atoms with van der Waals surface area (Å²) >= 11 is 0. The highest BCUT2D eigenvalue weighted by atomic mass is 35.5. The molecule has 0 unspecified atom stereocenters. The van der Waals surface area contributed by atoms with E-state index in [1.165, 1.54) is 38.5 Å². The number of likely N-dealkylation sites (N-methyl/N-ethyl adjacent to an activating group) is 2. The van der Waals surface area contributed by atoms with Gasteiger partial charge < -0.3 is 10.2 Å². The number of rotatable bonds is 5. The summed E-state index contributed by atoms with van der Waals surface area (Å²) in [6.07, 6.45) is 9.21. The highest BCUT2D eigenvalue weighted by Gasteiger charge is 2.51. The van der Waals surface area contributed by atoms with Crippen molar-refractivity contribution in [2.45, 2.75) is 44.9 Å². The zero-order valence-corrected chi connectivity index (χ0v) is 13.7. The molecule has 0 aromatic carbocycles. The lowest BCUT2D eigenvalue weighted by Crippen LogP contribution is -2.48. The van der Waals surface area contributed by atoms with Crippen molar-refractivity contribution in [1.29, 1.82) is 0 Å². The molecule has 0 aromatic rings. The van der Waals surface area contributed by atoms with Crippen LogP contribution in [0.25, 0.3) is 0 Å². The Balaban J connectivity index is 0.00000147. The van der Waals surface area contributed by atoms with Crippen molar-refractivity contribution in [2.24, 2.45) is 23.2 Å². The van der Waals surface area contributed by atoms with Crippen molar-refractivity contribution in [3.05, 3.63) is 0 Å². The van der Waals surface area contributed by atoms with Gasteiger partial charge in [-0.3, -0.25) is 4.79 Å². The van der Waals surface area contributed by atoms with E-state index in [1.807, 2.05) is 19.0 Å². The molecule has 4 fully saturated rings. The second-order valence-electron chi connectivity index (χ2n) is 7.51. The number of amides is 1. The Morgan fingerprint density at radius 1 is 1.15 bits per heavy atom. The van der Waals surface area contributed by atoms with Gasteiger partial charge in [-0.2, -0.15) is 0 Å². The number of nitrogens with one attached hydrogen (secondary N) is 1. The van der Waals surface area contributed by atoms with Crippen LogP contribution < -0.4 is 5.32 Å². The molecule has 4 bridgehead atoms. The standard InChI is InChI=1S/C16H28N2O.ClH/c1-17-3-4-18(2)15(19)11-16-8-12-5-13(9-16)7-14(6-12)10-16;/h12-14,17H,3-11H2,1-2H3;1H. The molecular weight excluding hydrogens is 272 g/mol. The Kier molecular flexibility index (Phi) is 5.01. The van der Waals surface area contributed by atoms with Gasteiger partial charge in [0.25, 0.3) is 0 Å².